The number of Topliss-reactive ketones (excluding diaryl/α,β-unsaturated/α-hetero) is 1. The molecule has 1 aromatic heterocycles. The smallest absolute Gasteiger partial charge is 0.358 e. The van der Waals surface area contributed by atoms with Gasteiger partial charge in [0.05, 0.1) is 0 Å². The summed E-state index contributed by atoms with van der Waals surface area (Å²) in [5, 5.41) is 2.33. The molecule has 2 aromatic carbocycles. The van der Waals surface area contributed by atoms with Crippen LogP contribution in [0.4, 0.5) is 5.69 Å². The Kier molecular flexibility index (Phi) is 5.48. The maximum atomic E-state index is 12.5. The van der Waals surface area contributed by atoms with Gasteiger partial charge in [-0.25, -0.2) is 9.78 Å². The Morgan fingerprint density at radius 2 is 1.93 bits per heavy atom. The molecule has 0 unspecified atom stereocenters. The molecule has 2 heterocycles. The van der Waals surface area contributed by atoms with Crippen molar-refractivity contribution in [3.8, 4) is 10.6 Å². The lowest BCUT2D eigenvalue weighted by Gasteiger charge is -2.16. The van der Waals surface area contributed by atoms with E-state index in [1.807, 2.05) is 30.3 Å². The molecule has 1 saturated heterocycles. The van der Waals surface area contributed by atoms with E-state index in [1.54, 1.807) is 34.5 Å². The summed E-state index contributed by atoms with van der Waals surface area (Å²) in [6.45, 7) is 0.271. The summed E-state index contributed by atoms with van der Waals surface area (Å²) in [6, 6.07) is 16.4. The Bertz CT molecular complexity index is 1060. The van der Waals surface area contributed by atoms with Gasteiger partial charge in [0.2, 0.25) is 5.91 Å². The van der Waals surface area contributed by atoms with Gasteiger partial charge in [-0.1, -0.05) is 42.5 Å². The summed E-state index contributed by atoms with van der Waals surface area (Å²) in [5.41, 5.74) is 2.19. The summed E-state index contributed by atoms with van der Waals surface area (Å²) < 4.78 is 5.16. The van der Waals surface area contributed by atoms with E-state index >= 15 is 0 Å². The molecule has 1 fully saturated rings. The number of carbonyl (C=O) groups is 3. The van der Waals surface area contributed by atoms with E-state index in [1.165, 1.54) is 11.3 Å². The maximum absolute atomic E-state index is 12.5. The fourth-order valence-electron chi connectivity index (χ4n) is 3.14. The lowest BCUT2D eigenvalue weighted by atomic mass is 10.1. The van der Waals surface area contributed by atoms with Gasteiger partial charge in [-0.2, -0.15) is 0 Å². The molecule has 3 aromatic rings. The van der Waals surface area contributed by atoms with Crippen LogP contribution < -0.4 is 4.90 Å². The third kappa shape index (κ3) is 4.25. The molecule has 0 bridgehead atoms. The number of aromatic nitrogens is 1. The Hall–Kier alpha value is -3.32. The van der Waals surface area contributed by atoms with E-state index in [-0.39, 0.29) is 24.0 Å². The molecule has 0 N–H and O–H groups in total. The summed E-state index contributed by atoms with van der Waals surface area (Å²) >= 11 is 1.34. The predicted octanol–water partition coefficient (Wildman–Crippen LogP) is 3.98. The van der Waals surface area contributed by atoms with Gasteiger partial charge in [0, 0.05) is 35.2 Å². The van der Waals surface area contributed by atoms with Crippen molar-refractivity contribution in [1.82, 2.24) is 4.98 Å². The van der Waals surface area contributed by atoms with Crippen LogP contribution in [-0.4, -0.2) is 35.8 Å². The fourth-order valence-corrected chi connectivity index (χ4v) is 3.93. The van der Waals surface area contributed by atoms with Crippen LogP contribution in [0.5, 0.6) is 0 Å². The van der Waals surface area contributed by atoms with E-state index in [0.717, 1.165) is 12.0 Å². The topological polar surface area (TPSA) is 76.6 Å². The van der Waals surface area contributed by atoms with Gasteiger partial charge >= 0.3 is 5.97 Å². The van der Waals surface area contributed by atoms with Crippen molar-refractivity contribution in [2.24, 2.45) is 0 Å². The highest BCUT2D eigenvalue weighted by Crippen LogP contribution is 2.24. The molecule has 1 aliphatic heterocycles. The molecule has 0 aliphatic carbocycles. The zero-order chi connectivity index (χ0) is 20.2. The molecule has 0 atom stereocenters. The van der Waals surface area contributed by atoms with Gasteiger partial charge in [-0.05, 0) is 18.6 Å². The Labute approximate surface area is 171 Å². The second-order valence-corrected chi connectivity index (χ2v) is 7.46. The van der Waals surface area contributed by atoms with Crippen molar-refractivity contribution in [2.75, 3.05) is 18.1 Å². The first-order valence-electron chi connectivity index (χ1n) is 9.23. The molecule has 146 valence electrons. The van der Waals surface area contributed by atoms with E-state index in [2.05, 4.69) is 4.98 Å². The van der Waals surface area contributed by atoms with Crippen molar-refractivity contribution in [1.29, 1.82) is 0 Å². The Morgan fingerprint density at radius 3 is 2.69 bits per heavy atom. The van der Waals surface area contributed by atoms with Crippen LogP contribution in [0.3, 0.4) is 0 Å². The number of anilines is 1. The number of ketones is 1. The zero-order valence-electron chi connectivity index (χ0n) is 15.5. The fraction of sp³-hybridized carbons (Fsp3) is 0.182. The maximum Gasteiger partial charge on any atom is 0.358 e. The SMILES string of the molecule is O=C(COC(=O)c1csc(-c2ccccc2)n1)c1cccc(N2CCCC2=O)c1. The van der Waals surface area contributed by atoms with Crippen LogP contribution >= 0.6 is 11.3 Å². The largest absolute Gasteiger partial charge is 0.453 e. The minimum absolute atomic E-state index is 0.0544. The zero-order valence-corrected chi connectivity index (χ0v) is 16.4. The number of hydrogen-bond acceptors (Lipinski definition) is 6. The van der Waals surface area contributed by atoms with Crippen molar-refractivity contribution < 1.29 is 19.1 Å². The average Bonchev–Trinajstić information content (AvgIpc) is 3.42. The molecule has 1 aliphatic rings. The molecule has 0 spiro atoms. The summed E-state index contributed by atoms with van der Waals surface area (Å²) in [4.78, 5) is 42.6. The van der Waals surface area contributed by atoms with Gasteiger partial charge in [0.25, 0.3) is 0 Å². The quantitative estimate of drug-likeness (QED) is 0.457. The van der Waals surface area contributed by atoms with Crippen LogP contribution in [0.15, 0.2) is 60.0 Å². The van der Waals surface area contributed by atoms with E-state index in [9.17, 15) is 14.4 Å². The molecule has 1 amide bonds. The van der Waals surface area contributed by atoms with Crippen LogP contribution in [-0.2, 0) is 9.53 Å². The standard InChI is InChI=1S/C22H18N2O4S/c25-19(16-8-4-9-17(12-16)24-11-5-10-20(24)26)13-28-22(27)18-14-29-21(23-18)15-6-2-1-3-7-15/h1-4,6-9,12,14H,5,10-11,13H2. The Balaban J connectivity index is 1.39. The van der Waals surface area contributed by atoms with Crippen LogP contribution in [0.25, 0.3) is 10.6 Å². The van der Waals surface area contributed by atoms with Gasteiger partial charge in [0.15, 0.2) is 18.1 Å². The molecule has 29 heavy (non-hydrogen) atoms. The number of nitrogens with zero attached hydrogens (tertiary/aromatic N) is 2. The van der Waals surface area contributed by atoms with Gasteiger partial charge in [-0.15, -0.1) is 11.3 Å². The first-order valence-corrected chi connectivity index (χ1v) is 10.1. The normalized spacial score (nSPS) is 13.5. The molecular weight excluding hydrogens is 388 g/mol. The summed E-state index contributed by atoms with van der Waals surface area (Å²) in [5.74, 6) is -0.910. The second kappa shape index (κ2) is 8.36. The lowest BCUT2D eigenvalue weighted by Crippen LogP contribution is -2.24. The number of rotatable bonds is 6. The number of amides is 1. The molecule has 6 nitrogen and oxygen atoms in total. The van der Waals surface area contributed by atoms with Crippen molar-refractivity contribution in [3.05, 3.63) is 71.2 Å². The van der Waals surface area contributed by atoms with E-state index in [0.29, 0.717) is 29.2 Å². The van der Waals surface area contributed by atoms with Gasteiger partial charge in [-0.3, -0.25) is 9.59 Å². The average molecular weight is 406 g/mol. The third-order valence-corrected chi connectivity index (χ3v) is 5.51. The highest BCUT2D eigenvalue weighted by atomic mass is 32.1. The lowest BCUT2D eigenvalue weighted by molar-refractivity contribution is -0.117. The number of thiazole rings is 1. The highest BCUT2D eigenvalue weighted by Gasteiger charge is 2.22. The van der Waals surface area contributed by atoms with Crippen molar-refractivity contribution >= 4 is 34.7 Å². The third-order valence-electron chi connectivity index (χ3n) is 4.62. The molecule has 4 rings (SSSR count). The van der Waals surface area contributed by atoms with Crippen LogP contribution in [0.1, 0.15) is 33.7 Å². The number of ether oxygens (including phenoxy) is 1. The molecule has 0 radical (unpaired) electrons. The van der Waals surface area contributed by atoms with E-state index in [4.69, 9.17) is 4.74 Å². The minimum Gasteiger partial charge on any atom is -0.453 e. The number of benzene rings is 2. The van der Waals surface area contributed by atoms with E-state index < -0.39 is 5.97 Å². The molecular formula is C22H18N2O4S. The summed E-state index contributed by atoms with van der Waals surface area (Å²) in [6.07, 6.45) is 1.33. The van der Waals surface area contributed by atoms with Crippen molar-refractivity contribution in [3.63, 3.8) is 0 Å². The van der Waals surface area contributed by atoms with Crippen molar-refractivity contribution in [2.45, 2.75) is 12.8 Å². The predicted molar refractivity (Wildman–Crippen MR) is 110 cm³/mol. The first-order chi connectivity index (χ1) is 14.1. The highest BCUT2D eigenvalue weighted by molar-refractivity contribution is 7.13. The van der Waals surface area contributed by atoms with Crippen LogP contribution in [0.2, 0.25) is 0 Å². The molecule has 7 heteroatoms. The second-order valence-electron chi connectivity index (χ2n) is 6.60. The van der Waals surface area contributed by atoms with Gasteiger partial charge in [0.1, 0.15) is 5.01 Å². The monoisotopic (exact) mass is 406 g/mol. The number of carbonyl (C=O) groups excluding carboxylic acids is 3. The summed E-state index contributed by atoms with van der Waals surface area (Å²) in [7, 11) is 0. The van der Waals surface area contributed by atoms with Crippen LogP contribution in [0, 0.1) is 0 Å². The number of esters is 1. The number of hydrogen-bond donors (Lipinski definition) is 0. The minimum atomic E-state index is -0.636. The van der Waals surface area contributed by atoms with Gasteiger partial charge < -0.3 is 9.64 Å². The first kappa shape index (κ1) is 19.0. The Morgan fingerprint density at radius 1 is 1.10 bits per heavy atom. The molecule has 0 saturated carbocycles.